The molecule has 0 unspecified atom stereocenters. The monoisotopic (exact) mass is 193 g/mol. The average Bonchev–Trinajstić information content (AvgIpc) is 2.57. The summed E-state index contributed by atoms with van der Waals surface area (Å²) in [5.74, 6) is -0.340. The third-order valence-corrected chi connectivity index (χ3v) is 1.73. The molecule has 0 aliphatic carbocycles. The minimum atomic E-state index is -0.573. The molecule has 2 aromatic rings. The van der Waals surface area contributed by atoms with E-state index in [9.17, 15) is 4.39 Å². The van der Waals surface area contributed by atoms with Gasteiger partial charge in [0.15, 0.2) is 11.6 Å². The van der Waals surface area contributed by atoms with Gasteiger partial charge < -0.3 is 11.5 Å². The molecule has 0 aliphatic rings. The van der Waals surface area contributed by atoms with Gasteiger partial charge in [-0.2, -0.15) is 5.10 Å². The largest absolute Gasteiger partial charge is 0.382 e. The SMILES string of the molecule is Nc1ccn(-c2cnc(N)c(F)c2)n1. The zero-order valence-corrected chi connectivity index (χ0v) is 7.18. The van der Waals surface area contributed by atoms with Gasteiger partial charge in [-0.15, -0.1) is 0 Å². The van der Waals surface area contributed by atoms with Crippen LogP contribution in [0.2, 0.25) is 0 Å². The van der Waals surface area contributed by atoms with Gasteiger partial charge in [0.05, 0.1) is 11.9 Å². The Morgan fingerprint density at radius 3 is 2.71 bits per heavy atom. The Bertz CT molecular complexity index is 465. The van der Waals surface area contributed by atoms with Crippen LogP contribution in [0, 0.1) is 5.82 Å². The molecular formula is C8H8FN5. The van der Waals surface area contributed by atoms with Crippen molar-refractivity contribution in [3.8, 4) is 5.69 Å². The van der Waals surface area contributed by atoms with Crippen LogP contribution in [-0.2, 0) is 0 Å². The van der Waals surface area contributed by atoms with Gasteiger partial charge >= 0.3 is 0 Å². The van der Waals surface area contributed by atoms with Crippen molar-refractivity contribution in [2.24, 2.45) is 0 Å². The van der Waals surface area contributed by atoms with Crippen LogP contribution in [0.5, 0.6) is 0 Å². The molecule has 5 nitrogen and oxygen atoms in total. The predicted molar refractivity (Wildman–Crippen MR) is 50.1 cm³/mol. The highest BCUT2D eigenvalue weighted by atomic mass is 19.1. The van der Waals surface area contributed by atoms with Crippen molar-refractivity contribution >= 4 is 11.6 Å². The number of nitrogens with two attached hydrogens (primary N) is 2. The second-order valence-electron chi connectivity index (χ2n) is 2.75. The lowest BCUT2D eigenvalue weighted by Gasteiger charge is -2.01. The van der Waals surface area contributed by atoms with Crippen molar-refractivity contribution in [1.82, 2.24) is 14.8 Å². The summed E-state index contributed by atoms with van der Waals surface area (Å²) in [7, 11) is 0. The molecule has 2 rings (SSSR count). The van der Waals surface area contributed by atoms with Crippen LogP contribution in [0.15, 0.2) is 24.5 Å². The second kappa shape index (κ2) is 2.99. The number of anilines is 2. The van der Waals surface area contributed by atoms with Crippen molar-refractivity contribution in [3.05, 3.63) is 30.3 Å². The third kappa shape index (κ3) is 1.37. The van der Waals surface area contributed by atoms with E-state index in [-0.39, 0.29) is 5.82 Å². The molecule has 0 saturated carbocycles. The zero-order valence-electron chi connectivity index (χ0n) is 7.18. The summed E-state index contributed by atoms with van der Waals surface area (Å²) in [4.78, 5) is 3.67. The van der Waals surface area contributed by atoms with Gasteiger partial charge in [-0.1, -0.05) is 0 Å². The number of pyridine rings is 1. The van der Waals surface area contributed by atoms with Gasteiger partial charge in [0, 0.05) is 18.3 Å². The Morgan fingerprint density at radius 2 is 2.14 bits per heavy atom. The van der Waals surface area contributed by atoms with E-state index in [4.69, 9.17) is 11.5 Å². The van der Waals surface area contributed by atoms with E-state index in [1.807, 2.05) is 0 Å². The van der Waals surface area contributed by atoms with E-state index in [0.717, 1.165) is 0 Å². The first kappa shape index (κ1) is 8.49. The lowest BCUT2D eigenvalue weighted by Crippen LogP contribution is -2.01. The average molecular weight is 193 g/mol. The quantitative estimate of drug-likeness (QED) is 0.693. The summed E-state index contributed by atoms with van der Waals surface area (Å²) in [5.41, 5.74) is 11.1. The molecule has 4 N–H and O–H groups in total. The highest BCUT2D eigenvalue weighted by Crippen LogP contribution is 2.12. The highest BCUT2D eigenvalue weighted by molar-refractivity contribution is 5.39. The summed E-state index contributed by atoms with van der Waals surface area (Å²) in [6, 6.07) is 2.85. The van der Waals surface area contributed by atoms with Crippen LogP contribution in [0.3, 0.4) is 0 Å². The van der Waals surface area contributed by atoms with Crippen LogP contribution < -0.4 is 11.5 Å². The molecule has 0 fully saturated rings. The Hall–Kier alpha value is -2.11. The van der Waals surface area contributed by atoms with E-state index in [0.29, 0.717) is 11.5 Å². The fourth-order valence-electron chi connectivity index (χ4n) is 1.05. The Balaban J connectivity index is 2.47. The van der Waals surface area contributed by atoms with E-state index < -0.39 is 5.82 Å². The molecule has 0 aromatic carbocycles. The van der Waals surface area contributed by atoms with E-state index in [2.05, 4.69) is 10.1 Å². The number of halogens is 1. The lowest BCUT2D eigenvalue weighted by molar-refractivity contribution is 0.624. The van der Waals surface area contributed by atoms with Crippen molar-refractivity contribution in [2.45, 2.75) is 0 Å². The first-order valence-electron chi connectivity index (χ1n) is 3.89. The molecule has 0 spiro atoms. The molecule has 0 atom stereocenters. The molecule has 14 heavy (non-hydrogen) atoms. The smallest absolute Gasteiger partial charge is 0.167 e. The number of nitrogen functional groups attached to an aromatic ring is 2. The summed E-state index contributed by atoms with van der Waals surface area (Å²) in [6.07, 6.45) is 3.03. The maximum atomic E-state index is 13.0. The summed E-state index contributed by atoms with van der Waals surface area (Å²) < 4.78 is 14.4. The molecule has 0 bridgehead atoms. The number of hydrogen-bond donors (Lipinski definition) is 2. The van der Waals surface area contributed by atoms with Gasteiger partial charge in [0.25, 0.3) is 0 Å². The van der Waals surface area contributed by atoms with Crippen molar-refractivity contribution in [1.29, 1.82) is 0 Å². The molecule has 0 radical (unpaired) electrons. The van der Waals surface area contributed by atoms with Crippen molar-refractivity contribution in [3.63, 3.8) is 0 Å². The maximum absolute atomic E-state index is 13.0. The molecule has 0 saturated heterocycles. The van der Waals surface area contributed by atoms with E-state index in [1.54, 1.807) is 12.3 Å². The first-order chi connectivity index (χ1) is 6.66. The standard InChI is InChI=1S/C8H8FN5/c9-6-3-5(4-12-8(6)11)14-2-1-7(10)13-14/h1-4H,(H2,10,13)(H2,11,12). The van der Waals surface area contributed by atoms with Crippen LogP contribution in [0.1, 0.15) is 0 Å². The Labute approximate surface area is 79.2 Å². The first-order valence-corrected chi connectivity index (χ1v) is 3.89. The van der Waals surface area contributed by atoms with Gasteiger partial charge in [0.1, 0.15) is 5.82 Å². The fraction of sp³-hybridized carbons (Fsp3) is 0. The topological polar surface area (TPSA) is 82.8 Å². The fourth-order valence-corrected chi connectivity index (χ4v) is 1.05. The number of hydrogen-bond acceptors (Lipinski definition) is 4. The van der Waals surface area contributed by atoms with Crippen LogP contribution in [0.25, 0.3) is 5.69 Å². The molecule has 2 heterocycles. The van der Waals surface area contributed by atoms with Crippen LogP contribution in [0.4, 0.5) is 16.0 Å². The number of rotatable bonds is 1. The molecule has 6 heteroatoms. The highest BCUT2D eigenvalue weighted by Gasteiger charge is 2.03. The van der Waals surface area contributed by atoms with Gasteiger partial charge in [-0.25, -0.2) is 14.1 Å². The number of aromatic nitrogens is 3. The second-order valence-corrected chi connectivity index (χ2v) is 2.75. The number of nitrogens with zero attached hydrogens (tertiary/aromatic N) is 3. The van der Waals surface area contributed by atoms with Crippen LogP contribution >= 0.6 is 0 Å². The van der Waals surface area contributed by atoms with E-state index in [1.165, 1.54) is 16.9 Å². The summed E-state index contributed by atoms with van der Waals surface area (Å²) in [5, 5.41) is 3.90. The normalized spacial score (nSPS) is 10.4. The molecular weight excluding hydrogens is 185 g/mol. The molecule has 2 aromatic heterocycles. The van der Waals surface area contributed by atoms with Crippen LogP contribution in [-0.4, -0.2) is 14.8 Å². The third-order valence-electron chi connectivity index (χ3n) is 1.73. The Morgan fingerprint density at radius 1 is 1.36 bits per heavy atom. The summed E-state index contributed by atoms with van der Waals surface area (Å²) in [6.45, 7) is 0. The van der Waals surface area contributed by atoms with Gasteiger partial charge in [-0.3, -0.25) is 0 Å². The van der Waals surface area contributed by atoms with Crippen molar-refractivity contribution < 1.29 is 4.39 Å². The molecule has 72 valence electrons. The predicted octanol–water partition coefficient (Wildman–Crippen LogP) is 0.571. The van der Waals surface area contributed by atoms with E-state index >= 15 is 0 Å². The molecule has 0 aliphatic heterocycles. The minimum Gasteiger partial charge on any atom is -0.382 e. The maximum Gasteiger partial charge on any atom is 0.167 e. The zero-order chi connectivity index (χ0) is 10.1. The molecule has 0 amide bonds. The van der Waals surface area contributed by atoms with Gasteiger partial charge in [0.2, 0.25) is 0 Å². The van der Waals surface area contributed by atoms with Crippen molar-refractivity contribution in [2.75, 3.05) is 11.5 Å². The lowest BCUT2D eigenvalue weighted by atomic mass is 10.4. The van der Waals surface area contributed by atoms with Gasteiger partial charge in [-0.05, 0) is 0 Å². The Kier molecular flexibility index (Phi) is 1.81. The summed E-state index contributed by atoms with van der Waals surface area (Å²) >= 11 is 0. The minimum absolute atomic E-state index is 0.131.